The quantitative estimate of drug-likeness (QED) is 0.580. The Morgan fingerprint density at radius 2 is 1.88 bits per heavy atom. The molecule has 0 aliphatic rings. The van der Waals surface area contributed by atoms with Gasteiger partial charge in [0.1, 0.15) is 0 Å². The van der Waals surface area contributed by atoms with Crippen molar-refractivity contribution in [1.82, 2.24) is 0 Å². The minimum atomic E-state index is 0. The zero-order valence-electron chi connectivity index (χ0n) is 9.74. The first-order valence-corrected chi connectivity index (χ1v) is 5.23. The minimum Gasteiger partial charge on any atom is -1.00 e. The Balaban J connectivity index is 0.00000225. The molecule has 0 saturated carbocycles. The van der Waals surface area contributed by atoms with Gasteiger partial charge < -0.3 is 17.3 Å². The summed E-state index contributed by atoms with van der Waals surface area (Å²) in [4.78, 5) is 12.7. The highest BCUT2D eigenvalue weighted by Crippen LogP contribution is 2.01. The second-order valence-electron chi connectivity index (χ2n) is 3.92. The second kappa shape index (κ2) is 8.08. The molecule has 0 radical (unpaired) electrons. The number of allylic oxidation sites excluding steroid dienone is 1. The van der Waals surface area contributed by atoms with Crippen LogP contribution in [0.1, 0.15) is 12.0 Å². The summed E-state index contributed by atoms with van der Waals surface area (Å²) in [5.74, 6) is 0.194. The van der Waals surface area contributed by atoms with Gasteiger partial charge in [0.25, 0.3) is 0 Å². The van der Waals surface area contributed by atoms with Crippen molar-refractivity contribution in [2.45, 2.75) is 6.42 Å². The zero-order valence-corrected chi connectivity index (χ0v) is 10.5. The number of ketones is 1. The van der Waals surface area contributed by atoms with Gasteiger partial charge in [0, 0.05) is 0 Å². The Hall–Kier alpha value is -1.12. The predicted molar refractivity (Wildman–Crippen MR) is 62.8 cm³/mol. The number of quaternary nitrogens is 1. The van der Waals surface area contributed by atoms with Crippen LogP contribution in [0.15, 0.2) is 36.4 Å². The van der Waals surface area contributed by atoms with Gasteiger partial charge in [-0.3, -0.25) is 4.79 Å². The van der Waals surface area contributed by atoms with Crippen LogP contribution in [0.2, 0.25) is 0 Å². The molecule has 1 aromatic carbocycles. The number of halogens is 1. The van der Waals surface area contributed by atoms with E-state index in [-0.39, 0.29) is 18.2 Å². The van der Waals surface area contributed by atoms with Crippen LogP contribution in [0.4, 0.5) is 0 Å². The maximum Gasteiger partial charge on any atom is 0.161 e. The molecule has 0 spiro atoms. The maximum absolute atomic E-state index is 11.4. The van der Waals surface area contributed by atoms with Crippen LogP contribution < -0.4 is 17.3 Å². The molecule has 0 amide bonds. The fraction of sp³-hybridized carbons (Fsp3) is 0.308. The SMILES string of the molecule is C[NH+](C)CCC(=O)C=Cc1ccccc1.[Cl-]. The number of rotatable bonds is 5. The summed E-state index contributed by atoms with van der Waals surface area (Å²) in [6, 6.07) is 9.87. The van der Waals surface area contributed by atoms with Gasteiger partial charge in [-0.05, 0) is 11.6 Å². The monoisotopic (exact) mass is 239 g/mol. The Morgan fingerprint density at radius 3 is 2.44 bits per heavy atom. The molecule has 0 saturated heterocycles. The lowest BCUT2D eigenvalue weighted by atomic mass is 10.2. The normalized spacial score (nSPS) is 10.4. The van der Waals surface area contributed by atoms with Crippen molar-refractivity contribution in [2.24, 2.45) is 0 Å². The summed E-state index contributed by atoms with van der Waals surface area (Å²) < 4.78 is 0. The molecule has 0 unspecified atom stereocenters. The van der Waals surface area contributed by atoms with Crippen molar-refractivity contribution in [3.05, 3.63) is 42.0 Å². The summed E-state index contributed by atoms with van der Waals surface area (Å²) in [6.07, 6.45) is 4.15. The van der Waals surface area contributed by atoms with E-state index in [9.17, 15) is 4.79 Å². The Kier molecular flexibility index (Phi) is 7.52. The molecule has 0 aromatic heterocycles. The number of benzene rings is 1. The first-order valence-electron chi connectivity index (χ1n) is 5.23. The average Bonchev–Trinajstić information content (AvgIpc) is 2.25. The third-order valence-corrected chi connectivity index (χ3v) is 2.13. The number of hydrogen-bond donors (Lipinski definition) is 1. The topological polar surface area (TPSA) is 21.5 Å². The Labute approximate surface area is 103 Å². The van der Waals surface area contributed by atoms with Gasteiger partial charge in [0.05, 0.1) is 27.1 Å². The summed E-state index contributed by atoms with van der Waals surface area (Å²) >= 11 is 0. The minimum absolute atomic E-state index is 0. The van der Waals surface area contributed by atoms with Crippen LogP contribution in [-0.4, -0.2) is 26.4 Å². The van der Waals surface area contributed by atoms with Crippen LogP contribution in [-0.2, 0) is 4.79 Å². The van der Waals surface area contributed by atoms with E-state index in [0.717, 1.165) is 12.1 Å². The van der Waals surface area contributed by atoms with E-state index < -0.39 is 0 Å². The van der Waals surface area contributed by atoms with Crippen molar-refractivity contribution in [3.8, 4) is 0 Å². The standard InChI is InChI=1S/C13H17NO.ClH/c1-14(2)11-10-13(15)9-8-12-6-4-3-5-7-12;/h3-9H,10-11H2,1-2H3;1H. The molecular formula is C13H18ClNO. The van der Waals surface area contributed by atoms with Gasteiger partial charge in [0.15, 0.2) is 5.78 Å². The fourth-order valence-electron chi connectivity index (χ4n) is 1.21. The van der Waals surface area contributed by atoms with Gasteiger partial charge in [-0.1, -0.05) is 36.4 Å². The molecular weight excluding hydrogens is 222 g/mol. The lowest BCUT2D eigenvalue weighted by Gasteiger charge is -2.03. The molecule has 88 valence electrons. The molecule has 0 aliphatic carbocycles. The first-order chi connectivity index (χ1) is 7.18. The lowest BCUT2D eigenvalue weighted by molar-refractivity contribution is -0.857. The van der Waals surface area contributed by atoms with Crippen LogP contribution >= 0.6 is 0 Å². The van der Waals surface area contributed by atoms with Gasteiger partial charge in [0.2, 0.25) is 0 Å². The van der Waals surface area contributed by atoms with Crippen molar-refractivity contribution < 1.29 is 22.1 Å². The van der Waals surface area contributed by atoms with Crippen LogP contribution in [0.3, 0.4) is 0 Å². The molecule has 16 heavy (non-hydrogen) atoms. The predicted octanol–water partition coefficient (Wildman–Crippen LogP) is -2.19. The molecule has 1 rings (SSSR count). The third kappa shape index (κ3) is 6.38. The molecule has 1 N–H and O–H groups in total. The Bertz CT molecular complexity index is 333. The van der Waals surface area contributed by atoms with Crippen molar-refractivity contribution >= 4 is 11.9 Å². The summed E-state index contributed by atoms with van der Waals surface area (Å²) in [5.41, 5.74) is 1.07. The van der Waals surface area contributed by atoms with E-state index in [1.807, 2.05) is 50.5 Å². The fourth-order valence-corrected chi connectivity index (χ4v) is 1.21. The van der Waals surface area contributed by atoms with Crippen molar-refractivity contribution in [1.29, 1.82) is 0 Å². The molecule has 1 aromatic rings. The van der Waals surface area contributed by atoms with Crippen molar-refractivity contribution in [2.75, 3.05) is 20.6 Å². The number of nitrogens with one attached hydrogen (secondary N) is 1. The van der Waals surface area contributed by atoms with E-state index in [4.69, 9.17) is 0 Å². The second-order valence-corrected chi connectivity index (χ2v) is 3.92. The van der Waals surface area contributed by atoms with E-state index >= 15 is 0 Å². The highest BCUT2D eigenvalue weighted by molar-refractivity contribution is 5.93. The van der Waals surface area contributed by atoms with Crippen LogP contribution in [0.5, 0.6) is 0 Å². The van der Waals surface area contributed by atoms with Crippen LogP contribution in [0, 0.1) is 0 Å². The highest BCUT2D eigenvalue weighted by Gasteiger charge is 1.99. The molecule has 0 atom stereocenters. The van der Waals surface area contributed by atoms with E-state index in [1.54, 1.807) is 6.08 Å². The van der Waals surface area contributed by atoms with E-state index in [2.05, 4.69) is 0 Å². The lowest BCUT2D eigenvalue weighted by Crippen LogP contribution is -3.05. The third-order valence-electron chi connectivity index (χ3n) is 2.13. The molecule has 3 heteroatoms. The van der Waals surface area contributed by atoms with Gasteiger partial charge in [-0.15, -0.1) is 0 Å². The average molecular weight is 240 g/mol. The van der Waals surface area contributed by atoms with E-state index in [0.29, 0.717) is 6.42 Å². The summed E-state index contributed by atoms with van der Waals surface area (Å²) in [7, 11) is 4.10. The first kappa shape index (κ1) is 14.9. The number of carbonyl (C=O) groups is 1. The van der Waals surface area contributed by atoms with Gasteiger partial charge >= 0.3 is 0 Å². The molecule has 2 nitrogen and oxygen atoms in total. The number of carbonyl (C=O) groups excluding carboxylic acids is 1. The Morgan fingerprint density at radius 1 is 1.25 bits per heavy atom. The zero-order chi connectivity index (χ0) is 11.1. The largest absolute Gasteiger partial charge is 1.00 e. The van der Waals surface area contributed by atoms with Gasteiger partial charge in [-0.25, -0.2) is 0 Å². The van der Waals surface area contributed by atoms with Crippen LogP contribution in [0.25, 0.3) is 6.08 Å². The summed E-state index contributed by atoms with van der Waals surface area (Å²) in [6.45, 7) is 0.887. The van der Waals surface area contributed by atoms with Crippen molar-refractivity contribution in [3.63, 3.8) is 0 Å². The maximum atomic E-state index is 11.4. The molecule has 0 aliphatic heterocycles. The molecule has 0 heterocycles. The number of hydrogen-bond acceptors (Lipinski definition) is 1. The smallest absolute Gasteiger partial charge is 0.161 e. The molecule has 0 fully saturated rings. The summed E-state index contributed by atoms with van der Waals surface area (Å²) in [5, 5.41) is 0. The highest BCUT2D eigenvalue weighted by atomic mass is 35.5. The van der Waals surface area contributed by atoms with E-state index in [1.165, 1.54) is 4.90 Å². The molecule has 0 bridgehead atoms. The van der Waals surface area contributed by atoms with Gasteiger partial charge in [-0.2, -0.15) is 0 Å².